The van der Waals surface area contributed by atoms with Gasteiger partial charge in [0, 0.05) is 24.8 Å². The van der Waals surface area contributed by atoms with E-state index in [1.165, 1.54) is 12.8 Å². The molecule has 2 aromatic heterocycles. The highest BCUT2D eigenvalue weighted by Crippen LogP contribution is 2.17. The number of carbonyl (C=O) groups is 1. The van der Waals surface area contributed by atoms with Crippen LogP contribution in [-0.2, 0) is 11.3 Å². The summed E-state index contributed by atoms with van der Waals surface area (Å²) in [7, 11) is 0. The average Bonchev–Trinajstić information content (AvgIpc) is 3.26. The standard InChI is InChI=1S/C18H19N5O/c24-17(13-23-10-7-14-5-1-2-6-16(14)23)21-15-11-19-18(20-12-15)22-8-3-4-9-22/h1-2,5-7,10-12H,3-4,8-9,13H2,(H,21,24). The van der Waals surface area contributed by atoms with Gasteiger partial charge in [0.1, 0.15) is 6.54 Å². The fourth-order valence-electron chi connectivity index (χ4n) is 3.10. The number of rotatable bonds is 4. The molecule has 0 aliphatic carbocycles. The van der Waals surface area contributed by atoms with Crippen LogP contribution in [0.5, 0.6) is 0 Å². The third kappa shape index (κ3) is 2.95. The van der Waals surface area contributed by atoms with Gasteiger partial charge >= 0.3 is 0 Å². The van der Waals surface area contributed by atoms with Gasteiger partial charge in [0.15, 0.2) is 0 Å². The molecule has 0 saturated carbocycles. The van der Waals surface area contributed by atoms with Gasteiger partial charge in [-0.2, -0.15) is 0 Å². The van der Waals surface area contributed by atoms with Crippen molar-refractivity contribution < 1.29 is 4.79 Å². The topological polar surface area (TPSA) is 63.1 Å². The van der Waals surface area contributed by atoms with Crippen LogP contribution in [0.4, 0.5) is 11.6 Å². The monoisotopic (exact) mass is 321 g/mol. The number of hydrogen-bond donors (Lipinski definition) is 1. The highest BCUT2D eigenvalue weighted by atomic mass is 16.1. The molecule has 3 aromatic rings. The first-order valence-electron chi connectivity index (χ1n) is 8.20. The largest absolute Gasteiger partial charge is 0.341 e. The Kier molecular flexibility index (Phi) is 3.86. The van der Waals surface area contributed by atoms with Crippen LogP contribution < -0.4 is 10.2 Å². The Balaban J connectivity index is 1.42. The number of carbonyl (C=O) groups excluding carboxylic acids is 1. The molecule has 24 heavy (non-hydrogen) atoms. The molecule has 0 unspecified atom stereocenters. The van der Waals surface area contributed by atoms with Gasteiger partial charge in [0.2, 0.25) is 11.9 Å². The second kappa shape index (κ2) is 6.31. The minimum absolute atomic E-state index is 0.0890. The van der Waals surface area contributed by atoms with Gasteiger partial charge in [-0.25, -0.2) is 9.97 Å². The van der Waals surface area contributed by atoms with Crippen molar-refractivity contribution in [2.75, 3.05) is 23.3 Å². The SMILES string of the molecule is O=C(Cn1ccc2ccccc21)Nc1cnc(N2CCCC2)nc1. The van der Waals surface area contributed by atoms with E-state index in [9.17, 15) is 4.79 Å². The van der Waals surface area contributed by atoms with E-state index in [1.54, 1.807) is 12.4 Å². The summed E-state index contributed by atoms with van der Waals surface area (Å²) in [6.07, 6.45) is 7.65. The second-order valence-corrected chi connectivity index (χ2v) is 6.02. The number of para-hydroxylation sites is 1. The minimum Gasteiger partial charge on any atom is -0.341 e. The van der Waals surface area contributed by atoms with Crippen molar-refractivity contribution in [1.29, 1.82) is 0 Å². The van der Waals surface area contributed by atoms with E-state index >= 15 is 0 Å². The van der Waals surface area contributed by atoms with Crippen LogP contribution in [-0.4, -0.2) is 33.5 Å². The number of anilines is 2. The average molecular weight is 321 g/mol. The van der Waals surface area contributed by atoms with Gasteiger partial charge in [-0.05, 0) is 30.4 Å². The Morgan fingerprint density at radius 1 is 1.08 bits per heavy atom. The van der Waals surface area contributed by atoms with Gasteiger partial charge in [0.05, 0.1) is 18.1 Å². The molecule has 122 valence electrons. The number of amides is 1. The predicted molar refractivity (Wildman–Crippen MR) is 94.0 cm³/mol. The van der Waals surface area contributed by atoms with Crippen LogP contribution in [0, 0.1) is 0 Å². The van der Waals surface area contributed by atoms with Crippen LogP contribution in [0.1, 0.15) is 12.8 Å². The Bertz CT molecular complexity index is 849. The molecule has 1 N–H and O–H groups in total. The lowest BCUT2D eigenvalue weighted by Gasteiger charge is -2.14. The molecule has 1 amide bonds. The molecule has 1 aromatic carbocycles. The van der Waals surface area contributed by atoms with Crippen molar-refractivity contribution >= 4 is 28.4 Å². The molecule has 4 rings (SSSR count). The quantitative estimate of drug-likeness (QED) is 0.802. The lowest BCUT2D eigenvalue weighted by Crippen LogP contribution is -2.21. The van der Waals surface area contributed by atoms with E-state index in [0.717, 1.165) is 29.9 Å². The van der Waals surface area contributed by atoms with Crippen molar-refractivity contribution in [2.45, 2.75) is 19.4 Å². The molecule has 0 bridgehead atoms. The summed E-state index contributed by atoms with van der Waals surface area (Å²) in [4.78, 5) is 23.1. The number of nitrogens with one attached hydrogen (secondary N) is 1. The van der Waals surface area contributed by atoms with Gasteiger partial charge in [0.25, 0.3) is 0 Å². The summed E-state index contributed by atoms with van der Waals surface area (Å²) >= 11 is 0. The lowest BCUT2D eigenvalue weighted by atomic mass is 10.2. The van der Waals surface area contributed by atoms with E-state index < -0.39 is 0 Å². The smallest absolute Gasteiger partial charge is 0.244 e. The number of fused-ring (bicyclic) bond motifs is 1. The molecular formula is C18H19N5O. The van der Waals surface area contributed by atoms with Gasteiger partial charge < -0.3 is 14.8 Å². The highest BCUT2D eigenvalue weighted by Gasteiger charge is 2.14. The molecule has 0 radical (unpaired) electrons. The summed E-state index contributed by atoms with van der Waals surface area (Å²) in [5, 5.41) is 3.99. The number of benzene rings is 1. The van der Waals surface area contributed by atoms with E-state index in [0.29, 0.717) is 5.69 Å². The van der Waals surface area contributed by atoms with Crippen LogP contribution in [0.15, 0.2) is 48.9 Å². The van der Waals surface area contributed by atoms with Crippen molar-refractivity contribution in [2.24, 2.45) is 0 Å². The van der Waals surface area contributed by atoms with Gasteiger partial charge in [-0.1, -0.05) is 18.2 Å². The molecule has 1 aliphatic heterocycles. The Labute approximate surface area is 140 Å². The summed E-state index contributed by atoms with van der Waals surface area (Å²) in [5.74, 6) is 0.649. The summed E-state index contributed by atoms with van der Waals surface area (Å²) in [5.41, 5.74) is 1.67. The van der Waals surface area contributed by atoms with E-state index in [2.05, 4.69) is 20.2 Å². The summed E-state index contributed by atoms with van der Waals surface area (Å²) in [6, 6.07) is 10.0. The summed E-state index contributed by atoms with van der Waals surface area (Å²) in [6.45, 7) is 2.28. The maximum absolute atomic E-state index is 12.3. The maximum Gasteiger partial charge on any atom is 0.244 e. The second-order valence-electron chi connectivity index (χ2n) is 6.02. The predicted octanol–water partition coefficient (Wildman–Crippen LogP) is 2.67. The third-order valence-corrected chi connectivity index (χ3v) is 4.31. The molecule has 1 saturated heterocycles. The molecule has 6 nitrogen and oxygen atoms in total. The zero-order valence-corrected chi connectivity index (χ0v) is 13.4. The van der Waals surface area contributed by atoms with Crippen molar-refractivity contribution in [3.63, 3.8) is 0 Å². The first-order valence-corrected chi connectivity index (χ1v) is 8.20. The maximum atomic E-state index is 12.3. The first kappa shape index (κ1) is 14.7. The van der Waals surface area contributed by atoms with Crippen LogP contribution in [0.2, 0.25) is 0 Å². The Hall–Kier alpha value is -2.89. The zero-order valence-electron chi connectivity index (χ0n) is 13.4. The molecule has 0 atom stereocenters. The molecular weight excluding hydrogens is 302 g/mol. The normalized spacial score (nSPS) is 14.2. The Morgan fingerprint density at radius 2 is 1.83 bits per heavy atom. The van der Waals surface area contributed by atoms with Crippen molar-refractivity contribution in [1.82, 2.24) is 14.5 Å². The van der Waals surface area contributed by atoms with Crippen molar-refractivity contribution in [3.8, 4) is 0 Å². The molecule has 6 heteroatoms. The fraction of sp³-hybridized carbons (Fsp3) is 0.278. The van der Waals surface area contributed by atoms with Gasteiger partial charge in [-0.3, -0.25) is 4.79 Å². The Morgan fingerprint density at radius 3 is 2.62 bits per heavy atom. The number of nitrogens with zero attached hydrogens (tertiary/aromatic N) is 4. The van der Waals surface area contributed by atoms with E-state index in [1.807, 2.05) is 41.1 Å². The molecule has 3 heterocycles. The third-order valence-electron chi connectivity index (χ3n) is 4.31. The van der Waals surface area contributed by atoms with Crippen LogP contribution in [0.25, 0.3) is 10.9 Å². The van der Waals surface area contributed by atoms with Crippen LogP contribution >= 0.6 is 0 Å². The van der Waals surface area contributed by atoms with E-state index in [4.69, 9.17) is 0 Å². The van der Waals surface area contributed by atoms with E-state index in [-0.39, 0.29) is 12.5 Å². The zero-order chi connectivity index (χ0) is 16.4. The number of aromatic nitrogens is 3. The molecule has 1 fully saturated rings. The lowest BCUT2D eigenvalue weighted by molar-refractivity contribution is -0.116. The fourth-order valence-corrected chi connectivity index (χ4v) is 3.10. The van der Waals surface area contributed by atoms with Crippen molar-refractivity contribution in [3.05, 3.63) is 48.9 Å². The first-order chi connectivity index (χ1) is 11.8. The van der Waals surface area contributed by atoms with Crippen LogP contribution in [0.3, 0.4) is 0 Å². The minimum atomic E-state index is -0.0890. The van der Waals surface area contributed by atoms with Gasteiger partial charge in [-0.15, -0.1) is 0 Å². The highest BCUT2D eigenvalue weighted by molar-refractivity contribution is 5.91. The molecule has 1 aliphatic rings. The number of hydrogen-bond acceptors (Lipinski definition) is 4. The molecule has 0 spiro atoms. The summed E-state index contributed by atoms with van der Waals surface area (Å²) < 4.78 is 1.93.